The maximum Gasteiger partial charge on any atom is 0.356 e. The zero-order chi connectivity index (χ0) is 15.4. The van der Waals surface area contributed by atoms with Crippen LogP contribution < -0.4 is 14.2 Å². The molecule has 0 spiro atoms. The van der Waals surface area contributed by atoms with E-state index < -0.39 is 5.97 Å². The van der Waals surface area contributed by atoms with Gasteiger partial charge in [0.2, 0.25) is 5.88 Å². The molecule has 0 fully saturated rings. The monoisotopic (exact) mass is 309 g/mol. The molecule has 0 atom stereocenters. The highest BCUT2D eigenvalue weighted by Gasteiger charge is 2.13. The van der Waals surface area contributed by atoms with E-state index in [1.165, 1.54) is 26.4 Å². The minimum atomic E-state index is -1.23. The van der Waals surface area contributed by atoms with Gasteiger partial charge < -0.3 is 19.3 Å². The summed E-state index contributed by atoms with van der Waals surface area (Å²) < 4.78 is 15.8. The number of aromatic nitrogens is 1. The van der Waals surface area contributed by atoms with Gasteiger partial charge in [-0.3, -0.25) is 0 Å². The zero-order valence-electron chi connectivity index (χ0n) is 11.3. The number of benzene rings is 1. The van der Waals surface area contributed by atoms with Crippen LogP contribution in [0, 0.1) is 0 Å². The van der Waals surface area contributed by atoms with Gasteiger partial charge in [0.05, 0.1) is 19.2 Å². The lowest BCUT2D eigenvalue weighted by atomic mass is 10.3. The second kappa shape index (κ2) is 6.32. The Kier molecular flexibility index (Phi) is 4.49. The van der Waals surface area contributed by atoms with Gasteiger partial charge in [0.15, 0.2) is 5.69 Å². The largest absolute Gasteiger partial charge is 0.496 e. The molecule has 2 aromatic rings. The first kappa shape index (κ1) is 14.9. The predicted octanol–water partition coefficient (Wildman–Crippen LogP) is 3.24. The van der Waals surface area contributed by atoms with Crippen molar-refractivity contribution in [2.45, 2.75) is 0 Å². The number of methoxy groups -OCH3 is 2. The number of aromatic carboxylic acids is 1. The fourth-order valence-electron chi connectivity index (χ4n) is 1.59. The Balaban J connectivity index is 2.33. The molecular formula is C14H12ClNO5. The Hall–Kier alpha value is -2.47. The fraction of sp³-hybridized carbons (Fsp3) is 0.143. The fourth-order valence-corrected chi connectivity index (χ4v) is 1.78. The van der Waals surface area contributed by atoms with Gasteiger partial charge in [0.25, 0.3) is 0 Å². The van der Waals surface area contributed by atoms with E-state index in [-0.39, 0.29) is 16.6 Å². The number of hydrogen-bond acceptors (Lipinski definition) is 5. The minimum absolute atomic E-state index is 0.0399. The number of hydrogen-bond donors (Lipinski definition) is 1. The topological polar surface area (TPSA) is 77.9 Å². The molecule has 0 aliphatic carbocycles. The summed E-state index contributed by atoms with van der Waals surface area (Å²) in [6.45, 7) is 0. The molecule has 0 aliphatic heterocycles. The summed E-state index contributed by atoms with van der Waals surface area (Å²) in [7, 11) is 3.03. The highest BCUT2D eigenvalue weighted by atomic mass is 35.5. The summed E-state index contributed by atoms with van der Waals surface area (Å²) in [5.74, 6) is 0.353. The highest BCUT2D eigenvalue weighted by Crippen LogP contribution is 2.30. The van der Waals surface area contributed by atoms with E-state index >= 15 is 0 Å². The molecule has 1 heterocycles. The van der Waals surface area contributed by atoms with Crippen molar-refractivity contribution in [1.29, 1.82) is 0 Å². The van der Waals surface area contributed by atoms with Crippen LogP contribution in [0.1, 0.15) is 10.5 Å². The summed E-state index contributed by atoms with van der Waals surface area (Å²) >= 11 is 5.75. The molecule has 6 nitrogen and oxygen atoms in total. The maximum absolute atomic E-state index is 11.0. The number of carboxylic acid groups (broad SMARTS) is 1. The lowest BCUT2D eigenvalue weighted by molar-refractivity contribution is 0.0690. The molecule has 0 saturated heterocycles. The van der Waals surface area contributed by atoms with Gasteiger partial charge in [0.1, 0.15) is 17.2 Å². The smallest absolute Gasteiger partial charge is 0.356 e. The average molecular weight is 310 g/mol. The summed E-state index contributed by atoms with van der Waals surface area (Å²) in [6.07, 6.45) is 0. The van der Waals surface area contributed by atoms with Gasteiger partial charge in [-0.2, -0.15) is 0 Å². The van der Waals surface area contributed by atoms with Crippen molar-refractivity contribution >= 4 is 17.6 Å². The van der Waals surface area contributed by atoms with Crippen molar-refractivity contribution in [3.8, 4) is 23.1 Å². The Bertz CT molecular complexity index is 652. The lowest BCUT2D eigenvalue weighted by Gasteiger charge is -2.10. The summed E-state index contributed by atoms with van der Waals surface area (Å²) in [4.78, 5) is 14.8. The molecule has 0 aliphatic rings. The first-order valence-electron chi connectivity index (χ1n) is 5.84. The van der Waals surface area contributed by atoms with Crippen molar-refractivity contribution < 1.29 is 24.1 Å². The lowest BCUT2D eigenvalue weighted by Crippen LogP contribution is -2.02. The Labute approximate surface area is 125 Å². The van der Waals surface area contributed by atoms with Gasteiger partial charge >= 0.3 is 5.97 Å². The van der Waals surface area contributed by atoms with Gasteiger partial charge in [0, 0.05) is 24.3 Å². The first-order chi connectivity index (χ1) is 10.0. The second-order valence-electron chi connectivity index (χ2n) is 3.94. The third kappa shape index (κ3) is 3.55. The van der Waals surface area contributed by atoms with Gasteiger partial charge in [-0.15, -0.1) is 0 Å². The maximum atomic E-state index is 11.0. The highest BCUT2D eigenvalue weighted by molar-refractivity contribution is 6.33. The van der Waals surface area contributed by atoms with E-state index in [0.717, 1.165) is 0 Å². The van der Waals surface area contributed by atoms with E-state index in [1.54, 1.807) is 18.2 Å². The molecule has 7 heteroatoms. The van der Waals surface area contributed by atoms with Crippen LogP contribution in [0.25, 0.3) is 0 Å². The second-order valence-corrected chi connectivity index (χ2v) is 4.34. The first-order valence-corrected chi connectivity index (χ1v) is 6.22. The Morgan fingerprint density at radius 3 is 2.19 bits per heavy atom. The standard InChI is InChI=1S/C14H12ClNO5/c1-19-8-5-9(20-2)7-10(6-8)21-12-4-3-11(15)13(16-12)14(17)18/h3-7H,1-2H3,(H,17,18). The Morgan fingerprint density at radius 2 is 1.67 bits per heavy atom. The summed E-state index contributed by atoms with van der Waals surface area (Å²) in [5.41, 5.74) is -0.274. The van der Waals surface area contributed by atoms with Crippen LogP contribution in [0.2, 0.25) is 5.02 Å². The number of pyridine rings is 1. The van der Waals surface area contributed by atoms with Crippen molar-refractivity contribution in [1.82, 2.24) is 4.98 Å². The Morgan fingerprint density at radius 1 is 1.10 bits per heavy atom. The van der Waals surface area contributed by atoms with Crippen LogP contribution in [-0.2, 0) is 0 Å². The van der Waals surface area contributed by atoms with Gasteiger partial charge in [-0.1, -0.05) is 11.6 Å². The molecule has 2 rings (SSSR count). The molecule has 0 radical (unpaired) electrons. The normalized spacial score (nSPS) is 10.0. The van der Waals surface area contributed by atoms with E-state index in [0.29, 0.717) is 17.2 Å². The zero-order valence-corrected chi connectivity index (χ0v) is 12.0. The van der Waals surface area contributed by atoms with E-state index in [1.807, 2.05) is 0 Å². The third-order valence-electron chi connectivity index (χ3n) is 2.57. The number of nitrogens with zero attached hydrogens (tertiary/aromatic N) is 1. The molecule has 1 aromatic heterocycles. The van der Waals surface area contributed by atoms with Crippen LogP contribution in [0.15, 0.2) is 30.3 Å². The van der Waals surface area contributed by atoms with Gasteiger partial charge in [-0.05, 0) is 6.07 Å². The van der Waals surface area contributed by atoms with E-state index in [2.05, 4.69) is 4.98 Å². The van der Waals surface area contributed by atoms with Crippen LogP contribution in [0.5, 0.6) is 23.1 Å². The van der Waals surface area contributed by atoms with Crippen LogP contribution in [0.3, 0.4) is 0 Å². The minimum Gasteiger partial charge on any atom is -0.496 e. The molecular weight excluding hydrogens is 298 g/mol. The number of halogens is 1. The van der Waals surface area contributed by atoms with Crippen LogP contribution in [0.4, 0.5) is 0 Å². The SMILES string of the molecule is COc1cc(OC)cc(Oc2ccc(Cl)c(C(=O)O)n2)c1. The van der Waals surface area contributed by atoms with Crippen molar-refractivity contribution in [2.75, 3.05) is 14.2 Å². The molecule has 0 bridgehead atoms. The predicted molar refractivity (Wildman–Crippen MR) is 75.8 cm³/mol. The number of carboxylic acids is 1. The molecule has 110 valence electrons. The van der Waals surface area contributed by atoms with E-state index in [9.17, 15) is 4.79 Å². The van der Waals surface area contributed by atoms with Crippen LogP contribution >= 0.6 is 11.6 Å². The molecule has 1 aromatic carbocycles. The molecule has 0 saturated carbocycles. The molecule has 1 N–H and O–H groups in total. The number of ether oxygens (including phenoxy) is 3. The van der Waals surface area contributed by atoms with Crippen molar-refractivity contribution in [3.63, 3.8) is 0 Å². The molecule has 0 amide bonds. The number of carbonyl (C=O) groups is 1. The summed E-state index contributed by atoms with van der Waals surface area (Å²) in [6, 6.07) is 7.81. The molecule has 0 unspecified atom stereocenters. The number of rotatable bonds is 5. The van der Waals surface area contributed by atoms with Crippen molar-refractivity contribution in [3.05, 3.63) is 41.0 Å². The summed E-state index contributed by atoms with van der Waals surface area (Å²) in [5, 5.41) is 9.02. The quantitative estimate of drug-likeness (QED) is 0.913. The molecule has 21 heavy (non-hydrogen) atoms. The van der Waals surface area contributed by atoms with Crippen LogP contribution in [-0.4, -0.2) is 30.3 Å². The van der Waals surface area contributed by atoms with Crippen molar-refractivity contribution in [2.24, 2.45) is 0 Å². The van der Waals surface area contributed by atoms with E-state index in [4.69, 9.17) is 30.9 Å². The van der Waals surface area contributed by atoms with Gasteiger partial charge in [-0.25, -0.2) is 9.78 Å². The third-order valence-corrected chi connectivity index (χ3v) is 2.88. The average Bonchev–Trinajstić information content (AvgIpc) is 2.48.